The average Bonchev–Trinajstić information content (AvgIpc) is 2.88. The van der Waals surface area contributed by atoms with Crippen LogP contribution in [0.5, 0.6) is 0 Å². The van der Waals surface area contributed by atoms with E-state index in [9.17, 15) is 22.8 Å². The Bertz CT molecular complexity index is 1290. The molecule has 2 aromatic carbocycles. The summed E-state index contributed by atoms with van der Waals surface area (Å²) in [5, 5.41) is 5.63. The Morgan fingerprint density at radius 2 is 1.74 bits per heavy atom. The molecule has 0 unspecified atom stereocenters. The minimum Gasteiger partial charge on any atom is -0.369 e. The highest BCUT2D eigenvalue weighted by Crippen LogP contribution is 2.35. The van der Waals surface area contributed by atoms with Gasteiger partial charge in [-0.25, -0.2) is 9.78 Å². The number of alkyl halides is 3. The van der Waals surface area contributed by atoms with Gasteiger partial charge in [0.2, 0.25) is 5.91 Å². The second-order valence-electron chi connectivity index (χ2n) is 9.09. The third kappa shape index (κ3) is 6.42. The Kier molecular flexibility index (Phi) is 8.19. The van der Waals surface area contributed by atoms with E-state index in [-0.39, 0.29) is 11.9 Å². The summed E-state index contributed by atoms with van der Waals surface area (Å²) in [5.74, 6) is 0.275. The van der Waals surface area contributed by atoms with E-state index in [2.05, 4.69) is 15.5 Å². The highest BCUT2D eigenvalue weighted by molar-refractivity contribution is 6.03. The molecule has 10 heteroatoms. The molecule has 4 rings (SSSR count). The molecule has 3 amide bonds. The fraction of sp³-hybridized carbons (Fsp3) is 0.321. The summed E-state index contributed by atoms with van der Waals surface area (Å²) in [5.41, 5.74) is 2.14. The fourth-order valence-electron chi connectivity index (χ4n) is 4.35. The van der Waals surface area contributed by atoms with E-state index in [1.54, 1.807) is 29.2 Å². The molecule has 1 aromatic heterocycles. The van der Waals surface area contributed by atoms with Crippen molar-refractivity contribution < 1.29 is 22.8 Å². The van der Waals surface area contributed by atoms with Crippen molar-refractivity contribution >= 4 is 29.1 Å². The summed E-state index contributed by atoms with van der Waals surface area (Å²) in [7, 11) is 0. The van der Waals surface area contributed by atoms with Gasteiger partial charge >= 0.3 is 12.2 Å². The molecule has 0 spiro atoms. The number of fused-ring (bicyclic) bond motifs is 1. The van der Waals surface area contributed by atoms with Gasteiger partial charge in [0.05, 0.1) is 16.9 Å². The lowest BCUT2D eigenvalue weighted by Gasteiger charge is -2.33. The summed E-state index contributed by atoms with van der Waals surface area (Å²) in [6.07, 6.45) is -2.85. The topological polar surface area (TPSA) is 77.6 Å². The molecule has 2 heterocycles. The number of hydrogen-bond acceptors (Lipinski definition) is 4. The minimum absolute atomic E-state index is 0.128. The molecule has 0 saturated heterocycles. The number of carbonyl (C=O) groups is 2. The zero-order valence-corrected chi connectivity index (χ0v) is 21.3. The number of anilines is 3. The lowest BCUT2D eigenvalue weighted by Crippen LogP contribution is -2.40. The molecule has 0 saturated carbocycles. The molecular weight excluding hydrogens is 495 g/mol. The zero-order valence-electron chi connectivity index (χ0n) is 21.3. The first-order chi connectivity index (χ1) is 18.2. The normalized spacial score (nSPS) is 13.8. The van der Waals surface area contributed by atoms with Gasteiger partial charge < -0.3 is 15.5 Å². The van der Waals surface area contributed by atoms with Crippen molar-refractivity contribution in [2.75, 3.05) is 34.8 Å². The van der Waals surface area contributed by atoms with Crippen molar-refractivity contribution in [3.8, 4) is 11.3 Å². The average molecular weight is 526 g/mol. The Morgan fingerprint density at radius 3 is 2.42 bits per heavy atom. The first-order valence-corrected chi connectivity index (χ1v) is 12.5. The summed E-state index contributed by atoms with van der Waals surface area (Å²) in [6, 6.07) is 15.3. The smallest absolute Gasteiger partial charge is 0.369 e. The quantitative estimate of drug-likeness (QED) is 0.424. The van der Waals surface area contributed by atoms with E-state index in [4.69, 9.17) is 4.98 Å². The molecule has 0 fully saturated rings. The summed E-state index contributed by atoms with van der Waals surface area (Å²) >= 11 is 0. The predicted octanol–water partition coefficient (Wildman–Crippen LogP) is 6.06. The summed E-state index contributed by atoms with van der Waals surface area (Å²) in [4.78, 5) is 33.0. The number of nitrogens with zero attached hydrogens (tertiary/aromatic N) is 3. The van der Waals surface area contributed by atoms with Crippen LogP contribution >= 0.6 is 0 Å². The van der Waals surface area contributed by atoms with Gasteiger partial charge in [-0.2, -0.15) is 13.2 Å². The first-order valence-electron chi connectivity index (χ1n) is 12.5. The van der Waals surface area contributed by atoms with Crippen LogP contribution in [0.2, 0.25) is 0 Å². The highest BCUT2D eigenvalue weighted by Gasteiger charge is 2.31. The largest absolute Gasteiger partial charge is 0.416 e. The van der Waals surface area contributed by atoms with Crippen molar-refractivity contribution in [1.82, 2.24) is 10.3 Å². The minimum atomic E-state index is -4.47. The van der Waals surface area contributed by atoms with Crippen LogP contribution in [0, 0.1) is 0 Å². The maximum absolute atomic E-state index is 13.5. The number of rotatable bonds is 5. The number of urea groups is 1. The van der Waals surface area contributed by atoms with Gasteiger partial charge in [-0.1, -0.05) is 24.3 Å². The Balaban J connectivity index is 1.66. The van der Waals surface area contributed by atoms with Crippen LogP contribution in [-0.2, 0) is 17.5 Å². The maximum Gasteiger partial charge on any atom is 0.416 e. The van der Waals surface area contributed by atoms with Gasteiger partial charge in [-0.05, 0) is 61.7 Å². The number of pyridine rings is 1. The van der Waals surface area contributed by atoms with E-state index in [1.165, 1.54) is 13.0 Å². The van der Waals surface area contributed by atoms with E-state index in [1.807, 2.05) is 25.1 Å². The molecule has 200 valence electrons. The van der Waals surface area contributed by atoms with Crippen LogP contribution in [0.4, 0.5) is 35.2 Å². The molecule has 3 aromatic rings. The molecule has 0 radical (unpaired) electrons. The molecule has 0 aliphatic carbocycles. The summed E-state index contributed by atoms with van der Waals surface area (Å²) < 4.78 is 40.0. The zero-order chi connectivity index (χ0) is 27.3. The van der Waals surface area contributed by atoms with E-state index >= 15 is 0 Å². The van der Waals surface area contributed by atoms with Crippen molar-refractivity contribution in [3.63, 3.8) is 0 Å². The molecule has 1 aliphatic heterocycles. The van der Waals surface area contributed by atoms with Crippen molar-refractivity contribution in [2.24, 2.45) is 0 Å². The van der Waals surface area contributed by atoms with Gasteiger partial charge in [-0.15, -0.1) is 0 Å². The maximum atomic E-state index is 13.5. The van der Waals surface area contributed by atoms with Crippen LogP contribution in [0.15, 0.2) is 60.7 Å². The first kappa shape index (κ1) is 27.0. The molecule has 2 N–H and O–H groups in total. The van der Waals surface area contributed by atoms with Crippen LogP contribution in [0.1, 0.15) is 37.8 Å². The second-order valence-corrected chi connectivity index (χ2v) is 9.09. The fourth-order valence-corrected chi connectivity index (χ4v) is 4.35. The lowest BCUT2D eigenvalue weighted by atomic mass is 10.1. The van der Waals surface area contributed by atoms with Gasteiger partial charge in [0.15, 0.2) is 5.82 Å². The lowest BCUT2D eigenvalue weighted by molar-refractivity contribution is -0.137. The van der Waals surface area contributed by atoms with E-state index < -0.39 is 11.7 Å². The number of benzene rings is 2. The predicted molar refractivity (Wildman–Crippen MR) is 142 cm³/mol. The number of amides is 3. The number of aromatic nitrogens is 1. The molecular formula is C28H30F3N5O2. The van der Waals surface area contributed by atoms with Crippen LogP contribution in [-0.4, -0.2) is 36.6 Å². The SMILES string of the molecule is CCN1CCCCN(C(=O)Nc2ccc(CNC(C)=O)cc2)c2nc(-c3cccc(C(F)(F)F)c3)ccc21. The monoisotopic (exact) mass is 525 g/mol. The number of hydrogen-bond donors (Lipinski definition) is 2. The molecule has 7 nitrogen and oxygen atoms in total. The molecule has 38 heavy (non-hydrogen) atoms. The highest BCUT2D eigenvalue weighted by atomic mass is 19.4. The van der Waals surface area contributed by atoms with Crippen molar-refractivity contribution in [2.45, 2.75) is 39.4 Å². The van der Waals surface area contributed by atoms with Crippen LogP contribution in [0.3, 0.4) is 0 Å². The van der Waals surface area contributed by atoms with Gasteiger partial charge in [0.1, 0.15) is 0 Å². The summed E-state index contributed by atoms with van der Waals surface area (Å²) in [6.45, 7) is 5.75. The Morgan fingerprint density at radius 1 is 1.00 bits per heavy atom. The molecule has 1 aliphatic rings. The molecule has 0 atom stereocenters. The number of nitrogens with one attached hydrogen (secondary N) is 2. The number of halogens is 3. The van der Waals surface area contributed by atoms with E-state index in [0.717, 1.165) is 42.8 Å². The van der Waals surface area contributed by atoms with Crippen molar-refractivity contribution in [1.29, 1.82) is 0 Å². The van der Waals surface area contributed by atoms with Gasteiger partial charge in [0.25, 0.3) is 0 Å². The van der Waals surface area contributed by atoms with Crippen LogP contribution in [0.25, 0.3) is 11.3 Å². The Hall–Kier alpha value is -4.08. The van der Waals surface area contributed by atoms with Gasteiger partial charge in [0, 0.05) is 44.4 Å². The third-order valence-corrected chi connectivity index (χ3v) is 6.37. The van der Waals surface area contributed by atoms with Gasteiger partial charge in [-0.3, -0.25) is 9.69 Å². The van der Waals surface area contributed by atoms with Crippen LogP contribution < -0.4 is 20.4 Å². The standard InChI is InChI=1S/C28H30F3N5O2/c1-3-35-15-4-5-16-36(27(38)33-23-11-9-20(10-12-23)18-32-19(2)37)26-25(35)14-13-24(34-26)21-7-6-8-22(17-21)28(29,30)31/h6-14,17H,3-5,15-16,18H2,1-2H3,(H,32,37)(H,33,38). The van der Waals surface area contributed by atoms with E-state index in [0.29, 0.717) is 42.4 Å². The third-order valence-electron chi connectivity index (χ3n) is 6.37. The molecule has 0 bridgehead atoms. The Labute approximate surface area is 219 Å². The number of carbonyl (C=O) groups excluding carboxylic acids is 2. The second kappa shape index (κ2) is 11.5. The van der Waals surface area contributed by atoms with Crippen molar-refractivity contribution in [3.05, 3.63) is 71.8 Å².